The van der Waals surface area contributed by atoms with Gasteiger partial charge in [-0.15, -0.1) is 0 Å². The van der Waals surface area contributed by atoms with Crippen molar-refractivity contribution in [3.05, 3.63) is 48.2 Å². The lowest BCUT2D eigenvalue weighted by molar-refractivity contribution is -0.907. The fraction of sp³-hybridized carbons (Fsp3) is 0.560. The Bertz CT molecular complexity index is 888. The van der Waals surface area contributed by atoms with Gasteiger partial charge in [0.1, 0.15) is 12.4 Å². The van der Waals surface area contributed by atoms with Gasteiger partial charge in [-0.3, -0.25) is 9.59 Å². The number of benzene rings is 1. The molecular weight excluding hydrogens is 486 g/mol. The summed E-state index contributed by atoms with van der Waals surface area (Å²) in [5.41, 5.74) is 0.568. The zero-order valence-electron chi connectivity index (χ0n) is 19.3. The fourth-order valence-electron chi connectivity index (χ4n) is 5.21. The number of carbonyl (C=O) groups excluding carboxylic acids is 2. The van der Waals surface area contributed by atoms with E-state index in [-0.39, 0.29) is 35.0 Å². The number of aromatic nitrogens is 1. The van der Waals surface area contributed by atoms with E-state index in [0.717, 1.165) is 57.2 Å². The summed E-state index contributed by atoms with van der Waals surface area (Å²) in [5.74, 6) is 0.286. The average molecular weight is 520 g/mol. The molecule has 1 saturated carbocycles. The van der Waals surface area contributed by atoms with Gasteiger partial charge >= 0.3 is 5.97 Å². The molecule has 2 aliphatic rings. The maximum atomic E-state index is 13.6. The molecule has 7 nitrogen and oxygen atoms in total. The van der Waals surface area contributed by atoms with Crippen LogP contribution in [0.1, 0.15) is 56.9 Å². The molecule has 0 atom stereocenters. The molecule has 2 aromatic rings. The average Bonchev–Trinajstić information content (AvgIpc) is 3.16. The zero-order chi connectivity index (χ0) is 22.4. The minimum Gasteiger partial charge on any atom is -1.00 e. The predicted octanol–water partition coefficient (Wildman–Crippen LogP) is 1.06. The Morgan fingerprint density at radius 2 is 1.76 bits per heavy atom. The first-order valence-corrected chi connectivity index (χ1v) is 11.8. The summed E-state index contributed by atoms with van der Waals surface area (Å²) in [7, 11) is 2.08. The van der Waals surface area contributed by atoms with Gasteiger partial charge < -0.3 is 36.0 Å². The van der Waals surface area contributed by atoms with E-state index >= 15 is 0 Å². The van der Waals surface area contributed by atoms with Crippen molar-refractivity contribution in [2.24, 2.45) is 0 Å². The molecule has 4 rings (SSSR count). The lowest BCUT2D eigenvalue weighted by Crippen LogP contribution is -3.00. The van der Waals surface area contributed by atoms with Gasteiger partial charge in [0.2, 0.25) is 0 Å². The lowest BCUT2D eigenvalue weighted by atomic mass is 9.74. The summed E-state index contributed by atoms with van der Waals surface area (Å²) in [6, 6.07) is 11.8. The summed E-state index contributed by atoms with van der Waals surface area (Å²) in [5, 5.41) is 6.49. The highest BCUT2D eigenvalue weighted by molar-refractivity contribution is 5.90. The maximum Gasteiger partial charge on any atom is 0.316 e. The van der Waals surface area contributed by atoms with Crippen LogP contribution in [0.2, 0.25) is 0 Å². The topological polar surface area (TPSA) is 81.4 Å². The number of piperidine rings is 1. The van der Waals surface area contributed by atoms with Gasteiger partial charge in [0.25, 0.3) is 5.91 Å². The number of anilines is 1. The van der Waals surface area contributed by atoms with Gasteiger partial charge in [-0.1, -0.05) is 61.2 Å². The van der Waals surface area contributed by atoms with Gasteiger partial charge in [0, 0.05) is 18.9 Å². The zero-order valence-corrected chi connectivity index (χ0v) is 20.9. The summed E-state index contributed by atoms with van der Waals surface area (Å²) < 4.78 is 11.5. The smallest absolute Gasteiger partial charge is 0.316 e. The van der Waals surface area contributed by atoms with Crippen LogP contribution in [0, 0.1) is 0 Å². The van der Waals surface area contributed by atoms with Crippen LogP contribution in [0.25, 0.3) is 0 Å². The quantitative estimate of drug-likeness (QED) is 0.350. The molecule has 0 unspecified atom stereocenters. The number of rotatable bonds is 6. The van der Waals surface area contributed by atoms with Crippen molar-refractivity contribution in [3.8, 4) is 0 Å². The van der Waals surface area contributed by atoms with E-state index in [2.05, 4.69) is 29.7 Å². The first-order chi connectivity index (χ1) is 15.5. The highest BCUT2D eigenvalue weighted by Crippen LogP contribution is 2.40. The van der Waals surface area contributed by atoms with E-state index in [4.69, 9.17) is 9.26 Å². The number of halogens is 1. The molecule has 33 heavy (non-hydrogen) atoms. The Kier molecular flexibility index (Phi) is 8.70. The van der Waals surface area contributed by atoms with Gasteiger partial charge in [-0.25, -0.2) is 0 Å². The van der Waals surface area contributed by atoms with E-state index in [1.807, 2.05) is 18.2 Å². The molecule has 0 bridgehead atoms. The first kappa shape index (κ1) is 25.4. The number of nitrogens with zero attached hydrogens (tertiary/aromatic N) is 2. The predicted molar refractivity (Wildman–Crippen MR) is 121 cm³/mol. The molecular formula is C25H34BrN3O4. The van der Waals surface area contributed by atoms with Crippen LogP contribution in [0.15, 0.2) is 47.2 Å². The number of quaternary nitrogens is 1. The van der Waals surface area contributed by atoms with E-state index in [9.17, 15) is 9.59 Å². The molecule has 2 heterocycles. The fourth-order valence-corrected chi connectivity index (χ4v) is 5.21. The van der Waals surface area contributed by atoms with E-state index < -0.39 is 5.41 Å². The molecule has 1 aliphatic heterocycles. The van der Waals surface area contributed by atoms with Crippen molar-refractivity contribution in [2.45, 2.75) is 62.9 Å². The third-order valence-corrected chi connectivity index (χ3v) is 7.16. The second kappa shape index (κ2) is 11.3. The summed E-state index contributed by atoms with van der Waals surface area (Å²) in [6.45, 7) is 1.95. The van der Waals surface area contributed by atoms with Crippen LogP contribution < -0.4 is 22.3 Å². The van der Waals surface area contributed by atoms with Crippen molar-refractivity contribution in [2.75, 3.05) is 32.0 Å². The molecule has 1 aromatic heterocycles. The van der Waals surface area contributed by atoms with E-state index in [1.54, 1.807) is 6.07 Å². The molecule has 1 aromatic carbocycles. The van der Waals surface area contributed by atoms with Gasteiger partial charge in [0.05, 0.1) is 25.6 Å². The van der Waals surface area contributed by atoms with Crippen molar-refractivity contribution in [3.63, 3.8) is 0 Å². The third-order valence-electron chi connectivity index (χ3n) is 7.16. The molecule has 0 radical (unpaired) electrons. The molecule has 1 N–H and O–H groups in total. The number of nitrogens with one attached hydrogen (secondary N) is 1. The molecule has 1 aliphatic carbocycles. The minimum absolute atomic E-state index is 0. The Morgan fingerprint density at radius 1 is 1.09 bits per heavy atom. The van der Waals surface area contributed by atoms with Crippen LogP contribution in [-0.2, 0) is 19.7 Å². The second-order valence-corrected chi connectivity index (χ2v) is 9.62. The summed E-state index contributed by atoms with van der Waals surface area (Å²) in [6.07, 6.45) is 9.08. The Hall–Kier alpha value is -2.19. The number of esters is 1. The summed E-state index contributed by atoms with van der Waals surface area (Å²) >= 11 is 0. The number of hydrogen-bond acceptors (Lipinski definition) is 5. The summed E-state index contributed by atoms with van der Waals surface area (Å²) in [4.78, 5) is 25.9. The lowest BCUT2D eigenvalue weighted by Gasteiger charge is -2.40. The van der Waals surface area contributed by atoms with Gasteiger partial charge in [-0.05, 0) is 18.4 Å². The number of carbonyl (C=O) groups is 2. The van der Waals surface area contributed by atoms with E-state index in [1.165, 1.54) is 19.1 Å². The van der Waals surface area contributed by atoms with E-state index in [0.29, 0.717) is 16.8 Å². The van der Waals surface area contributed by atoms with Crippen molar-refractivity contribution in [1.82, 2.24) is 5.16 Å². The van der Waals surface area contributed by atoms with Gasteiger partial charge in [0.15, 0.2) is 12.4 Å². The van der Waals surface area contributed by atoms with Crippen LogP contribution in [0.4, 0.5) is 5.82 Å². The highest BCUT2D eigenvalue weighted by atomic mass is 79.9. The molecule has 1 saturated heterocycles. The number of likely N-dealkylation sites (N-methyl/N-ethyl adjacent to an activating group) is 1. The Morgan fingerprint density at radius 3 is 2.36 bits per heavy atom. The number of ether oxygens (including phenoxy) is 1. The minimum atomic E-state index is -0.523. The number of amides is 1. The Labute approximate surface area is 206 Å². The molecule has 8 heteroatoms. The van der Waals surface area contributed by atoms with Crippen LogP contribution in [-0.4, -0.2) is 54.3 Å². The highest BCUT2D eigenvalue weighted by Gasteiger charge is 2.43. The maximum absolute atomic E-state index is 13.6. The molecule has 180 valence electrons. The number of likely N-dealkylation sites (tertiary alicyclic amines) is 1. The molecule has 2 fully saturated rings. The van der Waals surface area contributed by atoms with Crippen molar-refractivity contribution < 1.29 is 40.3 Å². The van der Waals surface area contributed by atoms with Crippen LogP contribution in [0.3, 0.4) is 0 Å². The molecule has 1 amide bonds. The standard InChI is InChI=1S/C25H33N3O4.BrH/c1-28(19-23(29)26-22-13-18-31-27-22)16-11-21(12-17-28)32-24(30)25(14-7-2-3-8-15-25)20-9-5-4-6-10-20;/h4-6,9-10,13,18,21H,2-3,7-8,11-12,14-17,19H2,1H3;1H. The SMILES string of the molecule is C[N+]1(CC(=O)Nc2ccon2)CCC(OC(=O)C2(c3ccccc3)CCCCCC2)CC1.[Br-]. The van der Waals surface area contributed by atoms with Gasteiger partial charge in [-0.2, -0.15) is 0 Å². The normalized spacial score (nSPS) is 24.7. The monoisotopic (exact) mass is 519 g/mol. The third kappa shape index (κ3) is 6.23. The Balaban J connectivity index is 0.00000306. The molecule has 0 spiro atoms. The first-order valence-electron chi connectivity index (χ1n) is 11.8. The van der Waals surface area contributed by atoms with Crippen LogP contribution >= 0.6 is 0 Å². The van der Waals surface area contributed by atoms with Crippen molar-refractivity contribution >= 4 is 17.7 Å². The number of hydrogen-bond donors (Lipinski definition) is 1. The second-order valence-electron chi connectivity index (χ2n) is 9.62. The van der Waals surface area contributed by atoms with Crippen molar-refractivity contribution in [1.29, 1.82) is 0 Å². The van der Waals surface area contributed by atoms with Crippen LogP contribution in [0.5, 0.6) is 0 Å². The largest absolute Gasteiger partial charge is 1.00 e.